The van der Waals surface area contributed by atoms with E-state index in [4.69, 9.17) is 4.74 Å². The van der Waals surface area contributed by atoms with Gasteiger partial charge < -0.3 is 15.0 Å². The molecule has 0 bridgehead atoms. The molecule has 0 radical (unpaired) electrons. The van der Waals surface area contributed by atoms with Crippen molar-refractivity contribution in [3.05, 3.63) is 130 Å². The summed E-state index contributed by atoms with van der Waals surface area (Å²) in [5.41, 5.74) is 1.62. The summed E-state index contributed by atoms with van der Waals surface area (Å²) in [5, 5.41) is 14.7. The van der Waals surface area contributed by atoms with Gasteiger partial charge in [0.15, 0.2) is 0 Å². The molecule has 2 amide bonds. The monoisotopic (exact) mass is 672 g/mol. The van der Waals surface area contributed by atoms with Gasteiger partial charge in [0.05, 0.1) is 22.6 Å². The number of aryl methyl sites for hydroxylation is 1. The number of nitrogens with one attached hydrogen (secondary N) is 1. The molecule has 4 aromatic rings. The van der Waals surface area contributed by atoms with Crippen molar-refractivity contribution in [3.63, 3.8) is 0 Å². The highest BCUT2D eigenvalue weighted by Gasteiger charge is 2.35. The Morgan fingerprint density at radius 1 is 0.896 bits per heavy atom. The summed E-state index contributed by atoms with van der Waals surface area (Å²) in [4.78, 5) is 40.5. The van der Waals surface area contributed by atoms with Gasteiger partial charge in [0.1, 0.15) is 18.3 Å². The maximum Gasteiger partial charge on any atom is 0.273 e. The van der Waals surface area contributed by atoms with Crippen molar-refractivity contribution in [1.82, 2.24) is 10.2 Å². The van der Waals surface area contributed by atoms with Crippen molar-refractivity contribution in [2.24, 2.45) is 5.92 Å². The van der Waals surface area contributed by atoms with Gasteiger partial charge >= 0.3 is 0 Å². The largest absolute Gasteiger partial charge is 0.497 e. The fraction of sp³-hybridized carbons (Fsp3) is 0.278. The van der Waals surface area contributed by atoms with Gasteiger partial charge in [-0.15, -0.1) is 0 Å². The van der Waals surface area contributed by atoms with Gasteiger partial charge in [-0.2, -0.15) is 0 Å². The quantitative estimate of drug-likeness (QED) is 0.130. The van der Waals surface area contributed by atoms with Crippen LogP contribution in [0.5, 0.6) is 5.75 Å². The number of carbonyl (C=O) groups is 2. The van der Waals surface area contributed by atoms with Crippen LogP contribution in [0, 0.1) is 23.0 Å². The van der Waals surface area contributed by atoms with Crippen LogP contribution in [0.25, 0.3) is 0 Å². The molecule has 0 saturated carbocycles. The first-order valence-electron chi connectivity index (χ1n) is 15.5. The Labute approximate surface area is 281 Å². The van der Waals surface area contributed by atoms with Crippen LogP contribution in [0.2, 0.25) is 0 Å². The Kier molecular flexibility index (Phi) is 11.9. The molecule has 0 aliphatic rings. The van der Waals surface area contributed by atoms with Crippen molar-refractivity contribution in [2.45, 2.75) is 44.7 Å². The first-order chi connectivity index (χ1) is 22.9. The summed E-state index contributed by atoms with van der Waals surface area (Å²) < 4.78 is 34.7. The van der Waals surface area contributed by atoms with Crippen LogP contribution < -0.4 is 14.4 Å². The maximum absolute atomic E-state index is 14.5. The van der Waals surface area contributed by atoms with E-state index >= 15 is 0 Å². The van der Waals surface area contributed by atoms with E-state index in [-0.39, 0.29) is 46.6 Å². The number of nitro groups is 1. The smallest absolute Gasteiger partial charge is 0.273 e. The number of anilines is 1. The first kappa shape index (κ1) is 35.6. The summed E-state index contributed by atoms with van der Waals surface area (Å²) in [7, 11) is -3.06. The lowest BCUT2D eigenvalue weighted by Gasteiger charge is -2.34. The number of nitrogens with zero attached hydrogens (tertiary/aromatic N) is 3. The van der Waals surface area contributed by atoms with Crippen molar-refractivity contribution in [3.8, 4) is 5.75 Å². The predicted octanol–water partition coefficient (Wildman–Crippen LogP) is 5.52. The van der Waals surface area contributed by atoms with Crippen LogP contribution in [0.4, 0.5) is 11.4 Å². The van der Waals surface area contributed by atoms with Crippen LogP contribution in [0.15, 0.2) is 108 Å². The summed E-state index contributed by atoms with van der Waals surface area (Å²) in [6.07, 6.45) is 0.183. The van der Waals surface area contributed by atoms with Gasteiger partial charge in [-0.1, -0.05) is 80.6 Å². The molecule has 0 unspecified atom stereocenters. The van der Waals surface area contributed by atoms with Crippen LogP contribution >= 0.6 is 0 Å². The molecular formula is C36H40N4O7S. The number of hydrogen-bond acceptors (Lipinski definition) is 7. The molecule has 4 rings (SSSR count). The summed E-state index contributed by atoms with van der Waals surface area (Å²) in [6, 6.07) is 27.2. The van der Waals surface area contributed by atoms with E-state index in [1.165, 1.54) is 43.2 Å². The van der Waals surface area contributed by atoms with Crippen molar-refractivity contribution < 1.29 is 27.7 Å². The number of methoxy groups -OCH3 is 1. The second-order valence-corrected chi connectivity index (χ2v) is 13.6. The number of nitro benzene ring substituents is 1. The number of benzene rings is 4. The molecule has 1 atom stereocenters. The first-order valence-corrected chi connectivity index (χ1v) is 16.9. The van der Waals surface area contributed by atoms with Crippen molar-refractivity contribution >= 4 is 33.2 Å². The highest BCUT2D eigenvalue weighted by Crippen LogP contribution is 2.30. The third-order valence-electron chi connectivity index (χ3n) is 7.76. The van der Waals surface area contributed by atoms with E-state index in [2.05, 4.69) is 5.32 Å². The normalized spacial score (nSPS) is 11.9. The Morgan fingerprint density at radius 3 is 2.06 bits per heavy atom. The Morgan fingerprint density at radius 2 is 1.50 bits per heavy atom. The zero-order chi connectivity index (χ0) is 34.8. The molecule has 0 aromatic heterocycles. The molecule has 4 aromatic carbocycles. The standard InChI is InChI=1S/C36H40N4O7S/c1-26(2)23-37-36(42)34(21-28-11-7-5-8-12-28)38(24-29-13-9-6-10-14-29)35(41)25-39(30-16-18-31(47-4)19-17-30)48(45,46)32-20-15-27(3)33(22-32)40(43)44/h5-20,22,26,34H,21,23-25H2,1-4H3,(H,37,42)/t34-/m0/s1. The molecule has 0 heterocycles. The number of ether oxygens (including phenoxy) is 1. The zero-order valence-corrected chi connectivity index (χ0v) is 28.2. The molecule has 11 nitrogen and oxygen atoms in total. The molecule has 0 aliphatic carbocycles. The second kappa shape index (κ2) is 16.1. The SMILES string of the molecule is COc1ccc(N(CC(=O)N(Cc2ccccc2)[C@@H](Cc2ccccc2)C(=O)NCC(C)C)S(=O)(=O)c2ccc(C)c([N+](=O)[O-])c2)cc1. The minimum Gasteiger partial charge on any atom is -0.497 e. The second-order valence-electron chi connectivity index (χ2n) is 11.8. The number of carbonyl (C=O) groups excluding carboxylic acids is 2. The fourth-order valence-corrected chi connectivity index (χ4v) is 6.54. The van der Waals surface area contributed by atoms with Crippen LogP contribution in [0.1, 0.15) is 30.5 Å². The molecule has 0 saturated heterocycles. The molecule has 1 N–H and O–H groups in total. The minimum absolute atomic E-state index is 0.0266. The highest BCUT2D eigenvalue weighted by atomic mass is 32.2. The van der Waals surface area contributed by atoms with Crippen LogP contribution in [-0.4, -0.2) is 56.3 Å². The number of sulfonamides is 1. The number of rotatable bonds is 15. The molecule has 252 valence electrons. The summed E-state index contributed by atoms with van der Waals surface area (Å²) in [6.45, 7) is 5.16. The molecule has 0 aliphatic heterocycles. The van der Waals surface area contributed by atoms with E-state index in [9.17, 15) is 28.1 Å². The average molecular weight is 673 g/mol. The Bertz CT molecular complexity index is 1820. The van der Waals surface area contributed by atoms with Crippen LogP contribution in [0.3, 0.4) is 0 Å². The van der Waals surface area contributed by atoms with Crippen LogP contribution in [-0.2, 0) is 32.6 Å². The topological polar surface area (TPSA) is 139 Å². The Hall–Kier alpha value is -5.23. The molecule has 12 heteroatoms. The molecule has 0 spiro atoms. The average Bonchev–Trinajstić information content (AvgIpc) is 3.08. The molecular weight excluding hydrogens is 632 g/mol. The summed E-state index contributed by atoms with van der Waals surface area (Å²) in [5.74, 6) is -0.395. The van der Waals surface area contributed by atoms with E-state index < -0.39 is 33.4 Å². The van der Waals surface area contributed by atoms with Gasteiger partial charge in [-0.05, 0) is 54.3 Å². The van der Waals surface area contributed by atoms with Gasteiger partial charge in [0.2, 0.25) is 11.8 Å². The van der Waals surface area contributed by atoms with Gasteiger partial charge in [-0.25, -0.2) is 8.42 Å². The van der Waals surface area contributed by atoms with Crippen molar-refractivity contribution in [1.29, 1.82) is 0 Å². The van der Waals surface area contributed by atoms with E-state index in [0.29, 0.717) is 12.3 Å². The highest BCUT2D eigenvalue weighted by molar-refractivity contribution is 7.92. The minimum atomic E-state index is -4.53. The van der Waals surface area contributed by atoms with Gasteiger partial charge in [0.25, 0.3) is 15.7 Å². The number of amides is 2. The lowest BCUT2D eigenvalue weighted by molar-refractivity contribution is -0.385. The molecule has 0 fully saturated rings. The third kappa shape index (κ3) is 8.97. The van der Waals surface area contributed by atoms with E-state index in [1.54, 1.807) is 12.1 Å². The lowest BCUT2D eigenvalue weighted by atomic mass is 10.0. The van der Waals surface area contributed by atoms with Gasteiger partial charge in [0, 0.05) is 31.1 Å². The maximum atomic E-state index is 14.5. The van der Waals surface area contributed by atoms with E-state index in [1.807, 2.05) is 74.5 Å². The zero-order valence-electron chi connectivity index (χ0n) is 27.4. The van der Waals surface area contributed by atoms with Gasteiger partial charge in [-0.3, -0.25) is 24.0 Å². The van der Waals surface area contributed by atoms with Crippen molar-refractivity contribution in [2.75, 3.05) is 24.5 Å². The lowest BCUT2D eigenvalue weighted by Crippen LogP contribution is -2.53. The number of hydrogen-bond donors (Lipinski definition) is 1. The van der Waals surface area contributed by atoms with E-state index in [0.717, 1.165) is 21.5 Å². The molecule has 48 heavy (non-hydrogen) atoms. The Balaban J connectivity index is 1.82. The summed E-state index contributed by atoms with van der Waals surface area (Å²) >= 11 is 0. The third-order valence-corrected chi connectivity index (χ3v) is 9.53. The predicted molar refractivity (Wildman–Crippen MR) is 184 cm³/mol. The fourth-order valence-electron chi connectivity index (χ4n) is 5.11.